The van der Waals surface area contributed by atoms with Crippen molar-refractivity contribution in [2.45, 2.75) is 40.2 Å². The van der Waals surface area contributed by atoms with Crippen LogP contribution in [0, 0.1) is 16.7 Å². The summed E-state index contributed by atoms with van der Waals surface area (Å²) in [6.45, 7) is 8.36. The van der Waals surface area contributed by atoms with Gasteiger partial charge in [-0.3, -0.25) is 0 Å². The average molecular weight is 339 g/mol. The van der Waals surface area contributed by atoms with E-state index in [4.69, 9.17) is 10.00 Å². The van der Waals surface area contributed by atoms with Gasteiger partial charge in [0.1, 0.15) is 5.75 Å². The highest BCUT2D eigenvalue weighted by Gasteiger charge is 2.16. The predicted octanol–water partition coefficient (Wildman–Crippen LogP) is 4.27. The summed E-state index contributed by atoms with van der Waals surface area (Å²) in [6.07, 6.45) is 1.84. The Morgan fingerprint density at radius 3 is 2.80 bits per heavy atom. The van der Waals surface area contributed by atoms with Crippen LogP contribution in [0.25, 0.3) is 0 Å². The molecule has 0 aliphatic rings. The van der Waals surface area contributed by atoms with E-state index in [0.29, 0.717) is 6.61 Å². The zero-order valence-corrected chi connectivity index (χ0v) is 14.1. The Kier molecular flexibility index (Phi) is 7.04. The molecule has 0 bridgehead atoms. The number of rotatable bonds is 8. The standard InChI is InChI=1S/C16H23BrN2O/c1-4-8-19-11-13-10-14(17)5-6-15(13)20-9-7-16(2,3)12-18/h5-6,10,19H,4,7-9,11H2,1-3H3. The molecule has 0 saturated heterocycles. The maximum Gasteiger partial charge on any atom is 0.123 e. The molecule has 0 unspecified atom stereocenters. The SMILES string of the molecule is CCCNCc1cc(Br)ccc1OCCC(C)(C)C#N. The van der Waals surface area contributed by atoms with Gasteiger partial charge in [-0.05, 0) is 51.4 Å². The molecule has 0 aliphatic carbocycles. The Morgan fingerprint density at radius 1 is 1.40 bits per heavy atom. The van der Waals surface area contributed by atoms with Crippen molar-refractivity contribution in [2.24, 2.45) is 5.41 Å². The van der Waals surface area contributed by atoms with Crippen LogP contribution in [0.5, 0.6) is 5.75 Å². The zero-order chi connectivity index (χ0) is 15.0. The van der Waals surface area contributed by atoms with Crippen molar-refractivity contribution >= 4 is 15.9 Å². The first-order valence-electron chi connectivity index (χ1n) is 7.01. The van der Waals surface area contributed by atoms with Crippen LogP contribution in [0.4, 0.5) is 0 Å². The largest absolute Gasteiger partial charge is 0.493 e. The second-order valence-corrected chi connectivity index (χ2v) is 6.44. The highest BCUT2D eigenvalue weighted by Crippen LogP contribution is 2.25. The van der Waals surface area contributed by atoms with Crippen LogP contribution >= 0.6 is 15.9 Å². The molecule has 0 aromatic heterocycles. The van der Waals surface area contributed by atoms with Gasteiger partial charge in [-0.1, -0.05) is 22.9 Å². The van der Waals surface area contributed by atoms with Crippen molar-refractivity contribution < 1.29 is 4.74 Å². The summed E-state index contributed by atoms with van der Waals surface area (Å²) in [5.74, 6) is 0.894. The van der Waals surface area contributed by atoms with Crippen molar-refractivity contribution in [1.82, 2.24) is 5.32 Å². The van der Waals surface area contributed by atoms with E-state index in [0.717, 1.165) is 41.7 Å². The van der Waals surface area contributed by atoms with Gasteiger partial charge in [0.15, 0.2) is 0 Å². The summed E-state index contributed by atoms with van der Waals surface area (Å²) in [5, 5.41) is 12.4. The lowest BCUT2D eigenvalue weighted by Gasteiger charge is -2.17. The third-order valence-corrected chi connectivity index (χ3v) is 3.55. The Bertz CT molecular complexity index is 466. The molecule has 4 heteroatoms. The topological polar surface area (TPSA) is 45.0 Å². The van der Waals surface area contributed by atoms with Gasteiger partial charge in [0.05, 0.1) is 18.1 Å². The number of hydrogen-bond acceptors (Lipinski definition) is 3. The van der Waals surface area contributed by atoms with Crippen LogP contribution in [0.1, 0.15) is 39.2 Å². The van der Waals surface area contributed by atoms with Crippen molar-refractivity contribution in [1.29, 1.82) is 5.26 Å². The summed E-state index contributed by atoms with van der Waals surface area (Å²) < 4.78 is 6.90. The number of nitriles is 1. The van der Waals surface area contributed by atoms with E-state index in [1.54, 1.807) is 0 Å². The zero-order valence-electron chi connectivity index (χ0n) is 12.5. The quantitative estimate of drug-likeness (QED) is 0.720. The van der Waals surface area contributed by atoms with Crippen molar-refractivity contribution in [3.63, 3.8) is 0 Å². The number of hydrogen-bond donors (Lipinski definition) is 1. The molecule has 1 N–H and O–H groups in total. The fourth-order valence-corrected chi connectivity index (χ4v) is 2.11. The van der Waals surface area contributed by atoms with E-state index >= 15 is 0 Å². The van der Waals surface area contributed by atoms with Crippen LogP contribution in [0.15, 0.2) is 22.7 Å². The Balaban J connectivity index is 2.62. The molecule has 20 heavy (non-hydrogen) atoms. The number of benzene rings is 1. The molecule has 0 heterocycles. The molecular weight excluding hydrogens is 316 g/mol. The van der Waals surface area contributed by atoms with E-state index < -0.39 is 0 Å². The molecule has 0 amide bonds. The van der Waals surface area contributed by atoms with Crippen LogP contribution in [-0.4, -0.2) is 13.2 Å². The predicted molar refractivity (Wildman–Crippen MR) is 85.6 cm³/mol. The minimum atomic E-state index is -0.337. The van der Waals surface area contributed by atoms with Gasteiger partial charge in [0.25, 0.3) is 0 Å². The van der Waals surface area contributed by atoms with E-state index in [1.165, 1.54) is 0 Å². The first-order chi connectivity index (χ1) is 9.48. The van der Waals surface area contributed by atoms with Crippen molar-refractivity contribution in [3.05, 3.63) is 28.2 Å². The smallest absolute Gasteiger partial charge is 0.123 e. The number of halogens is 1. The molecule has 1 aromatic rings. The average Bonchev–Trinajstić information content (AvgIpc) is 2.41. The maximum absolute atomic E-state index is 9.00. The summed E-state index contributed by atoms with van der Waals surface area (Å²) in [6, 6.07) is 8.33. The third-order valence-electron chi connectivity index (χ3n) is 3.05. The Labute approximate surface area is 130 Å². The van der Waals surface area contributed by atoms with Crippen LogP contribution in [-0.2, 0) is 6.54 Å². The molecule has 1 aromatic carbocycles. The van der Waals surface area contributed by atoms with Crippen molar-refractivity contribution in [2.75, 3.05) is 13.2 Å². The lowest BCUT2D eigenvalue weighted by atomic mass is 9.92. The maximum atomic E-state index is 9.00. The molecule has 110 valence electrons. The lowest BCUT2D eigenvalue weighted by molar-refractivity contribution is 0.262. The summed E-state index contributed by atoms with van der Waals surface area (Å²) in [4.78, 5) is 0. The second kappa shape index (κ2) is 8.28. The molecule has 1 rings (SSSR count). The number of nitrogens with one attached hydrogen (secondary N) is 1. The second-order valence-electron chi connectivity index (χ2n) is 5.52. The van der Waals surface area contributed by atoms with E-state index in [-0.39, 0.29) is 5.41 Å². The highest BCUT2D eigenvalue weighted by molar-refractivity contribution is 9.10. The number of ether oxygens (including phenoxy) is 1. The molecule has 0 radical (unpaired) electrons. The summed E-state index contributed by atoms with van der Waals surface area (Å²) >= 11 is 3.49. The van der Waals surface area contributed by atoms with Gasteiger partial charge >= 0.3 is 0 Å². The molecule has 0 atom stereocenters. The van der Waals surface area contributed by atoms with Gasteiger partial charge in [-0.25, -0.2) is 0 Å². The van der Waals surface area contributed by atoms with Gasteiger partial charge in [0, 0.05) is 16.6 Å². The van der Waals surface area contributed by atoms with Crippen LogP contribution < -0.4 is 10.1 Å². The van der Waals surface area contributed by atoms with Crippen LogP contribution in [0.3, 0.4) is 0 Å². The molecule has 0 spiro atoms. The Morgan fingerprint density at radius 2 is 2.15 bits per heavy atom. The molecule has 3 nitrogen and oxygen atoms in total. The van der Waals surface area contributed by atoms with Gasteiger partial charge in [0.2, 0.25) is 0 Å². The van der Waals surface area contributed by atoms with Crippen LogP contribution in [0.2, 0.25) is 0 Å². The van der Waals surface area contributed by atoms with Gasteiger partial charge < -0.3 is 10.1 Å². The summed E-state index contributed by atoms with van der Waals surface area (Å²) in [7, 11) is 0. The normalized spacial score (nSPS) is 11.2. The number of nitrogens with zero attached hydrogens (tertiary/aromatic N) is 1. The highest BCUT2D eigenvalue weighted by atomic mass is 79.9. The first-order valence-corrected chi connectivity index (χ1v) is 7.81. The minimum Gasteiger partial charge on any atom is -0.493 e. The van der Waals surface area contributed by atoms with E-state index in [1.807, 2.05) is 26.0 Å². The van der Waals surface area contributed by atoms with Gasteiger partial charge in [-0.15, -0.1) is 0 Å². The minimum absolute atomic E-state index is 0.337. The lowest BCUT2D eigenvalue weighted by Crippen LogP contribution is -2.16. The third kappa shape index (κ3) is 5.94. The fourth-order valence-electron chi connectivity index (χ4n) is 1.70. The molecule has 0 saturated carbocycles. The van der Waals surface area contributed by atoms with E-state index in [2.05, 4.69) is 40.3 Å². The van der Waals surface area contributed by atoms with Gasteiger partial charge in [-0.2, -0.15) is 5.26 Å². The molecular formula is C16H23BrN2O. The monoisotopic (exact) mass is 338 g/mol. The Hall–Kier alpha value is -1.05. The molecule has 0 aliphatic heterocycles. The molecule has 0 fully saturated rings. The first kappa shape index (κ1) is 17.0. The fraction of sp³-hybridized carbons (Fsp3) is 0.562. The summed E-state index contributed by atoms with van der Waals surface area (Å²) in [5.41, 5.74) is 0.804. The van der Waals surface area contributed by atoms with E-state index in [9.17, 15) is 0 Å². The van der Waals surface area contributed by atoms with Crippen molar-refractivity contribution in [3.8, 4) is 11.8 Å².